The molecule has 0 fully saturated rings. The fourth-order valence-corrected chi connectivity index (χ4v) is 3.01. The molecule has 26 heavy (non-hydrogen) atoms. The topological polar surface area (TPSA) is 65.7 Å². The highest BCUT2D eigenvalue weighted by Crippen LogP contribution is 2.22. The zero-order valence-corrected chi connectivity index (χ0v) is 17.5. The summed E-state index contributed by atoms with van der Waals surface area (Å²) in [6.45, 7) is 16.6. The van der Waals surface area contributed by atoms with Crippen LogP contribution < -0.4 is 10.6 Å². The highest BCUT2D eigenvalue weighted by molar-refractivity contribution is 5.79. The molecule has 1 aromatic rings. The van der Waals surface area contributed by atoms with E-state index < -0.39 is 0 Å². The Morgan fingerprint density at radius 1 is 1.12 bits per heavy atom. The summed E-state index contributed by atoms with van der Waals surface area (Å²) >= 11 is 0. The first-order chi connectivity index (χ1) is 12.7. The lowest BCUT2D eigenvalue weighted by Crippen LogP contribution is -2.38. The standard InChI is InChI=1S/C20H39N5O/c1-6-17(7-2)19-15-18(26-24-19)16-23-20(21-8-3)22-13-11-12-14-25(9-4)10-5/h15,17H,6-14,16H2,1-5H3,(H2,21,22,23). The zero-order valence-electron chi connectivity index (χ0n) is 17.5. The average Bonchev–Trinajstić information content (AvgIpc) is 3.12. The molecule has 6 heteroatoms. The second kappa shape index (κ2) is 13.6. The van der Waals surface area contributed by atoms with Crippen LogP contribution in [0.15, 0.2) is 15.6 Å². The number of nitrogens with one attached hydrogen (secondary N) is 2. The van der Waals surface area contributed by atoms with Crippen molar-refractivity contribution in [1.29, 1.82) is 0 Å². The minimum atomic E-state index is 0.480. The van der Waals surface area contributed by atoms with Gasteiger partial charge in [-0.3, -0.25) is 0 Å². The van der Waals surface area contributed by atoms with E-state index in [-0.39, 0.29) is 0 Å². The van der Waals surface area contributed by atoms with Crippen LogP contribution in [-0.2, 0) is 6.54 Å². The van der Waals surface area contributed by atoms with E-state index in [1.54, 1.807) is 0 Å². The van der Waals surface area contributed by atoms with Crippen molar-refractivity contribution < 1.29 is 4.52 Å². The van der Waals surface area contributed by atoms with Gasteiger partial charge in [0, 0.05) is 25.1 Å². The summed E-state index contributed by atoms with van der Waals surface area (Å²) in [5, 5.41) is 10.9. The van der Waals surface area contributed by atoms with Crippen LogP contribution >= 0.6 is 0 Å². The third-order valence-electron chi connectivity index (χ3n) is 4.81. The average molecular weight is 366 g/mol. The van der Waals surface area contributed by atoms with E-state index in [1.807, 2.05) is 0 Å². The second-order valence-corrected chi connectivity index (χ2v) is 6.59. The summed E-state index contributed by atoms with van der Waals surface area (Å²) in [5.74, 6) is 2.15. The Morgan fingerprint density at radius 3 is 2.46 bits per heavy atom. The molecule has 1 rings (SSSR count). The van der Waals surface area contributed by atoms with Crippen LogP contribution in [0, 0.1) is 0 Å². The first-order valence-electron chi connectivity index (χ1n) is 10.4. The summed E-state index contributed by atoms with van der Waals surface area (Å²) in [5.41, 5.74) is 1.05. The van der Waals surface area contributed by atoms with Gasteiger partial charge in [0.2, 0.25) is 0 Å². The first kappa shape index (κ1) is 22.5. The number of hydrogen-bond acceptors (Lipinski definition) is 4. The molecule has 0 aliphatic carbocycles. The van der Waals surface area contributed by atoms with Crippen LogP contribution in [0.1, 0.15) is 77.7 Å². The molecule has 2 N–H and O–H groups in total. The molecule has 0 unspecified atom stereocenters. The van der Waals surface area contributed by atoms with Gasteiger partial charge in [-0.25, -0.2) is 4.99 Å². The van der Waals surface area contributed by atoms with Crippen LogP contribution in [0.3, 0.4) is 0 Å². The minimum Gasteiger partial charge on any atom is -0.359 e. The van der Waals surface area contributed by atoms with Crippen molar-refractivity contribution in [2.24, 2.45) is 4.99 Å². The maximum absolute atomic E-state index is 5.45. The molecule has 0 radical (unpaired) electrons. The third-order valence-corrected chi connectivity index (χ3v) is 4.81. The zero-order chi connectivity index (χ0) is 19.2. The van der Waals surface area contributed by atoms with Crippen molar-refractivity contribution in [2.45, 2.75) is 72.8 Å². The number of unbranched alkanes of at least 4 members (excludes halogenated alkanes) is 1. The molecule has 0 atom stereocenters. The van der Waals surface area contributed by atoms with Gasteiger partial charge in [0.1, 0.15) is 6.54 Å². The minimum absolute atomic E-state index is 0.480. The Morgan fingerprint density at radius 2 is 1.85 bits per heavy atom. The number of rotatable bonds is 13. The molecule has 150 valence electrons. The van der Waals surface area contributed by atoms with Crippen molar-refractivity contribution in [1.82, 2.24) is 20.7 Å². The highest BCUT2D eigenvalue weighted by atomic mass is 16.5. The summed E-state index contributed by atoms with van der Waals surface area (Å²) < 4.78 is 5.45. The predicted molar refractivity (Wildman–Crippen MR) is 110 cm³/mol. The van der Waals surface area contributed by atoms with Gasteiger partial charge in [0.05, 0.1) is 5.69 Å². The molecular formula is C20H39N5O. The Kier molecular flexibility index (Phi) is 11.8. The number of aliphatic imine (C=N–C) groups is 1. The van der Waals surface area contributed by atoms with E-state index >= 15 is 0 Å². The molecule has 0 amide bonds. The van der Waals surface area contributed by atoms with Gasteiger partial charge in [-0.15, -0.1) is 0 Å². The molecule has 0 aliphatic heterocycles. The maximum atomic E-state index is 5.45. The molecule has 1 aromatic heterocycles. The molecule has 0 saturated carbocycles. The number of guanidine groups is 1. The highest BCUT2D eigenvalue weighted by Gasteiger charge is 2.12. The summed E-state index contributed by atoms with van der Waals surface area (Å²) in [4.78, 5) is 7.08. The molecule has 0 aliphatic rings. The molecule has 0 spiro atoms. The molecular weight excluding hydrogens is 326 g/mol. The van der Waals surface area contributed by atoms with E-state index in [0.29, 0.717) is 12.5 Å². The maximum Gasteiger partial charge on any atom is 0.191 e. The summed E-state index contributed by atoms with van der Waals surface area (Å²) in [6, 6.07) is 2.05. The Balaban J connectivity index is 2.43. The van der Waals surface area contributed by atoms with Gasteiger partial charge >= 0.3 is 0 Å². The number of nitrogens with zero attached hydrogens (tertiary/aromatic N) is 3. The van der Waals surface area contributed by atoms with Gasteiger partial charge in [-0.05, 0) is 52.2 Å². The van der Waals surface area contributed by atoms with Crippen molar-refractivity contribution >= 4 is 5.96 Å². The predicted octanol–water partition coefficient (Wildman–Crippen LogP) is 3.76. The van der Waals surface area contributed by atoms with E-state index in [9.17, 15) is 0 Å². The third kappa shape index (κ3) is 8.21. The molecule has 0 bridgehead atoms. The van der Waals surface area contributed by atoms with Gasteiger partial charge in [0.15, 0.2) is 11.7 Å². The monoisotopic (exact) mass is 365 g/mol. The number of aromatic nitrogens is 1. The van der Waals surface area contributed by atoms with Crippen molar-refractivity contribution in [3.63, 3.8) is 0 Å². The first-order valence-corrected chi connectivity index (χ1v) is 10.4. The largest absolute Gasteiger partial charge is 0.359 e. The van der Waals surface area contributed by atoms with Gasteiger partial charge in [0.25, 0.3) is 0 Å². The number of hydrogen-bond donors (Lipinski definition) is 2. The van der Waals surface area contributed by atoms with Gasteiger partial charge in [-0.1, -0.05) is 32.9 Å². The van der Waals surface area contributed by atoms with Crippen LogP contribution in [-0.4, -0.2) is 48.7 Å². The van der Waals surface area contributed by atoms with Crippen molar-refractivity contribution in [2.75, 3.05) is 32.7 Å². The fraction of sp³-hybridized carbons (Fsp3) is 0.800. The SMILES string of the molecule is CCNC(=NCc1cc(C(CC)CC)no1)NCCCCN(CC)CC. The van der Waals surface area contributed by atoms with E-state index in [1.165, 1.54) is 13.0 Å². The van der Waals surface area contributed by atoms with Crippen LogP contribution in [0.4, 0.5) is 0 Å². The van der Waals surface area contributed by atoms with E-state index in [0.717, 1.165) is 62.9 Å². The van der Waals surface area contributed by atoms with Crippen LogP contribution in [0.2, 0.25) is 0 Å². The van der Waals surface area contributed by atoms with Crippen LogP contribution in [0.25, 0.3) is 0 Å². The Bertz CT molecular complexity index is 492. The van der Waals surface area contributed by atoms with Crippen LogP contribution in [0.5, 0.6) is 0 Å². The molecule has 0 aromatic carbocycles. The fourth-order valence-electron chi connectivity index (χ4n) is 3.01. The quantitative estimate of drug-likeness (QED) is 0.316. The molecule has 1 heterocycles. The van der Waals surface area contributed by atoms with E-state index in [4.69, 9.17) is 4.52 Å². The Labute approximate surface area is 159 Å². The lowest BCUT2D eigenvalue weighted by Gasteiger charge is -2.17. The summed E-state index contributed by atoms with van der Waals surface area (Å²) in [6.07, 6.45) is 4.52. The lowest BCUT2D eigenvalue weighted by atomic mass is 9.99. The van der Waals surface area contributed by atoms with Gasteiger partial charge in [-0.2, -0.15) is 0 Å². The smallest absolute Gasteiger partial charge is 0.191 e. The lowest BCUT2D eigenvalue weighted by molar-refractivity contribution is 0.297. The van der Waals surface area contributed by atoms with Crippen molar-refractivity contribution in [3.8, 4) is 0 Å². The second-order valence-electron chi connectivity index (χ2n) is 6.59. The molecule has 6 nitrogen and oxygen atoms in total. The normalized spacial score (nSPS) is 12.2. The Hall–Kier alpha value is -1.56. The molecule has 0 saturated heterocycles. The van der Waals surface area contributed by atoms with Crippen molar-refractivity contribution in [3.05, 3.63) is 17.5 Å². The van der Waals surface area contributed by atoms with Gasteiger partial charge < -0.3 is 20.1 Å². The summed E-state index contributed by atoms with van der Waals surface area (Å²) in [7, 11) is 0. The van der Waals surface area contributed by atoms with E-state index in [2.05, 4.69) is 66.4 Å².